The maximum Gasteiger partial charge on any atom is 0.254 e. The van der Waals surface area contributed by atoms with Crippen molar-refractivity contribution in [1.82, 2.24) is 10.3 Å². The summed E-state index contributed by atoms with van der Waals surface area (Å²) in [7, 11) is 0. The molecule has 0 bridgehead atoms. The first-order chi connectivity index (χ1) is 9.18. The quantitative estimate of drug-likeness (QED) is 0.852. The third-order valence-electron chi connectivity index (χ3n) is 3.12. The SMILES string of the molecule is O=C(NCCC1CCCCO1)c1ccnc(F)c1F. The Balaban J connectivity index is 1.82. The van der Waals surface area contributed by atoms with Crippen LogP contribution in [0.3, 0.4) is 0 Å². The first kappa shape index (κ1) is 13.9. The van der Waals surface area contributed by atoms with Crippen LogP contribution in [-0.2, 0) is 4.74 Å². The highest BCUT2D eigenvalue weighted by atomic mass is 19.2. The van der Waals surface area contributed by atoms with Crippen molar-refractivity contribution < 1.29 is 18.3 Å². The minimum atomic E-state index is -1.26. The number of amides is 1. The molecule has 1 amide bonds. The van der Waals surface area contributed by atoms with E-state index in [-0.39, 0.29) is 11.7 Å². The summed E-state index contributed by atoms with van der Waals surface area (Å²) < 4.78 is 31.7. The van der Waals surface area contributed by atoms with Gasteiger partial charge >= 0.3 is 0 Å². The van der Waals surface area contributed by atoms with Crippen LogP contribution in [-0.4, -0.2) is 30.1 Å². The second-order valence-electron chi connectivity index (χ2n) is 4.50. The molecule has 2 rings (SSSR count). The van der Waals surface area contributed by atoms with Crippen molar-refractivity contribution in [2.24, 2.45) is 0 Å². The Morgan fingerprint density at radius 3 is 3.05 bits per heavy atom. The van der Waals surface area contributed by atoms with E-state index in [1.807, 2.05) is 0 Å². The lowest BCUT2D eigenvalue weighted by Gasteiger charge is -2.22. The van der Waals surface area contributed by atoms with E-state index in [1.54, 1.807) is 0 Å². The van der Waals surface area contributed by atoms with E-state index >= 15 is 0 Å². The van der Waals surface area contributed by atoms with Gasteiger partial charge in [-0.3, -0.25) is 4.79 Å². The third kappa shape index (κ3) is 3.70. The van der Waals surface area contributed by atoms with E-state index in [0.29, 0.717) is 13.0 Å². The number of hydrogen-bond donors (Lipinski definition) is 1. The summed E-state index contributed by atoms with van der Waals surface area (Å²) in [4.78, 5) is 14.8. The highest BCUT2D eigenvalue weighted by molar-refractivity contribution is 5.94. The van der Waals surface area contributed by atoms with Crippen LogP contribution in [0.1, 0.15) is 36.0 Å². The fourth-order valence-corrected chi connectivity index (χ4v) is 2.07. The molecule has 1 aromatic heterocycles. The first-order valence-electron chi connectivity index (χ1n) is 6.38. The molecular weight excluding hydrogens is 254 g/mol. The zero-order valence-electron chi connectivity index (χ0n) is 10.5. The normalized spacial score (nSPS) is 19.2. The zero-order chi connectivity index (χ0) is 13.7. The molecule has 1 N–H and O–H groups in total. The molecule has 4 nitrogen and oxygen atoms in total. The average molecular weight is 270 g/mol. The van der Waals surface area contributed by atoms with Gasteiger partial charge in [-0.15, -0.1) is 0 Å². The van der Waals surface area contributed by atoms with Gasteiger partial charge < -0.3 is 10.1 Å². The van der Waals surface area contributed by atoms with Crippen LogP contribution in [0, 0.1) is 11.8 Å². The number of rotatable bonds is 4. The summed E-state index contributed by atoms with van der Waals surface area (Å²) in [5, 5.41) is 2.56. The summed E-state index contributed by atoms with van der Waals surface area (Å²) >= 11 is 0. The first-order valence-corrected chi connectivity index (χ1v) is 6.38. The van der Waals surface area contributed by atoms with Crippen LogP contribution < -0.4 is 5.32 Å². The number of carbonyl (C=O) groups excluding carboxylic acids is 1. The fraction of sp³-hybridized carbons (Fsp3) is 0.538. The Labute approximate surface area is 110 Å². The molecule has 1 aliphatic heterocycles. The van der Waals surface area contributed by atoms with Crippen molar-refractivity contribution in [3.8, 4) is 0 Å². The number of halogens is 2. The molecule has 1 aliphatic rings. The summed E-state index contributed by atoms with van der Waals surface area (Å²) in [6, 6.07) is 1.16. The predicted octanol–water partition coefficient (Wildman–Crippen LogP) is 2.05. The summed E-state index contributed by atoms with van der Waals surface area (Å²) in [5.41, 5.74) is -0.322. The molecule has 0 radical (unpaired) electrons. The molecule has 0 spiro atoms. The molecule has 1 unspecified atom stereocenters. The minimum Gasteiger partial charge on any atom is -0.378 e. The smallest absolute Gasteiger partial charge is 0.254 e. The van der Waals surface area contributed by atoms with Crippen LogP contribution in [0.25, 0.3) is 0 Å². The minimum absolute atomic E-state index is 0.146. The molecule has 0 saturated carbocycles. The molecule has 0 aliphatic carbocycles. The van der Waals surface area contributed by atoms with E-state index in [0.717, 1.165) is 38.1 Å². The monoisotopic (exact) mass is 270 g/mol. The van der Waals surface area contributed by atoms with Crippen molar-refractivity contribution >= 4 is 5.91 Å². The molecule has 104 valence electrons. The Kier molecular flexibility index (Phi) is 4.79. The summed E-state index contributed by atoms with van der Waals surface area (Å²) in [6.07, 6.45) is 5.08. The van der Waals surface area contributed by atoms with Gasteiger partial charge in [0.15, 0.2) is 5.82 Å². The van der Waals surface area contributed by atoms with Crippen LogP contribution in [0.15, 0.2) is 12.3 Å². The van der Waals surface area contributed by atoms with Crippen LogP contribution in [0.2, 0.25) is 0 Å². The molecule has 1 saturated heterocycles. The molecule has 0 aromatic carbocycles. The lowest BCUT2D eigenvalue weighted by Crippen LogP contribution is -2.30. The molecule has 1 aromatic rings. The molecule has 1 fully saturated rings. The van der Waals surface area contributed by atoms with Gasteiger partial charge in [-0.1, -0.05) is 0 Å². The topological polar surface area (TPSA) is 51.2 Å². The lowest BCUT2D eigenvalue weighted by molar-refractivity contribution is 0.0117. The Bertz CT molecular complexity index is 448. The van der Waals surface area contributed by atoms with E-state index in [2.05, 4.69) is 10.3 Å². The van der Waals surface area contributed by atoms with Gasteiger partial charge in [-0.25, -0.2) is 9.37 Å². The highest BCUT2D eigenvalue weighted by Crippen LogP contribution is 2.15. The fourth-order valence-electron chi connectivity index (χ4n) is 2.07. The van der Waals surface area contributed by atoms with Gasteiger partial charge in [0.25, 0.3) is 5.91 Å². The number of ether oxygens (including phenoxy) is 1. The summed E-state index contributed by atoms with van der Waals surface area (Å²) in [5.74, 6) is -3.10. The van der Waals surface area contributed by atoms with Crippen LogP contribution in [0.4, 0.5) is 8.78 Å². The second-order valence-corrected chi connectivity index (χ2v) is 4.50. The molecule has 19 heavy (non-hydrogen) atoms. The maximum atomic E-state index is 13.3. The maximum absolute atomic E-state index is 13.3. The second kappa shape index (κ2) is 6.56. The van der Waals surface area contributed by atoms with Crippen molar-refractivity contribution in [2.75, 3.05) is 13.2 Å². The van der Waals surface area contributed by atoms with E-state index in [4.69, 9.17) is 4.74 Å². The summed E-state index contributed by atoms with van der Waals surface area (Å²) in [6.45, 7) is 1.13. The number of pyridine rings is 1. The van der Waals surface area contributed by atoms with Gasteiger partial charge in [0.2, 0.25) is 5.95 Å². The van der Waals surface area contributed by atoms with Gasteiger partial charge in [-0.05, 0) is 31.7 Å². The van der Waals surface area contributed by atoms with E-state index in [9.17, 15) is 13.6 Å². The molecular formula is C13H16F2N2O2. The molecule has 6 heteroatoms. The van der Waals surface area contributed by atoms with Gasteiger partial charge in [0, 0.05) is 19.3 Å². The highest BCUT2D eigenvalue weighted by Gasteiger charge is 2.17. The number of nitrogens with zero attached hydrogens (tertiary/aromatic N) is 1. The third-order valence-corrected chi connectivity index (χ3v) is 3.12. The average Bonchev–Trinajstić information content (AvgIpc) is 2.43. The van der Waals surface area contributed by atoms with Crippen molar-refractivity contribution in [1.29, 1.82) is 0 Å². The van der Waals surface area contributed by atoms with Crippen LogP contribution in [0.5, 0.6) is 0 Å². The van der Waals surface area contributed by atoms with Gasteiger partial charge in [0.1, 0.15) is 0 Å². The van der Waals surface area contributed by atoms with E-state index < -0.39 is 17.7 Å². The van der Waals surface area contributed by atoms with Crippen molar-refractivity contribution in [2.45, 2.75) is 31.8 Å². The Hall–Kier alpha value is -1.56. The number of aromatic nitrogens is 1. The lowest BCUT2D eigenvalue weighted by atomic mass is 10.1. The largest absolute Gasteiger partial charge is 0.378 e. The number of hydrogen-bond acceptors (Lipinski definition) is 3. The van der Waals surface area contributed by atoms with Crippen LogP contribution >= 0.6 is 0 Å². The number of nitrogens with one attached hydrogen (secondary N) is 1. The number of carbonyl (C=O) groups is 1. The Morgan fingerprint density at radius 2 is 2.32 bits per heavy atom. The molecule has 1 atom stereocenters. The zero-order valence-corrected chi connectivity index (χ0v) is 10.5. The predicted molar refractivity (Wildman–Crippen MR) is 64.7 cm³/mol. The van der Waals surface area contributed by atoms with Crippen molar-refractivity contribution in [3.63, 3.8) is 0 Å². The standard InChI is InChI=1S/C13H16F2N2O2/c14-11-10(5-7-16-12(11)15)13(18)17-6-4-9-3-1-2-8-19-9/h5,7,9H,1-4,6,8H2,(H,17,18). The van der Waals surface area contributed by atoms with Gasteiger partial charge in [-0.2, -0.15) is 4.39 Å². The Morgan fingerprint density at radius 1 is 1.47 bits per heavy atom. The van der Waals surface area contributed by atoms with Gasteiger partial charge in [0.05, 0.1) is 11.7 Å². The molecule has 2 heterocycles. The van der Waals surface area contributed by atoms with E-state index in [1.165, 1.54) is 0 Å². The van der Waals surface area contributed by atoms with Crippen molar-refractivity contribution in [3.05, 3.63) is 29.6 Å².